The van der Waals surface area contributed by atoms with E-state index in [4.69, 9.17) is 4.52 Å². The first-order valence-corrected chi connectivity index (χ1v) is 9.95. The molecule has 3 heterocycles. The van der Waals surface area contributed by atoms with Crippen LogP contribution in [0.25, 0.3) is 11.4 Å². The number of carbonyl (C=O) groups excluding carboxylic acids is 2. The van der Waals surface area contributed by atoms with Crippen LogP contribution in [0.2, 0.25) is 0 Å². The van der Waals surface area contributed by atoms with Crippen LogP contribution < -0.4 is 5.32 Å². The number of hydrogen-bond acceptors (Lipinski definition) is 7. The van der Waals surface area contributed by atoms with Crippen molar-refractivity contribution in [3.05, 3.63) is 35.7 Å². The van der Waals surface area contributed by atoms with Crippen LogP contribution in [0, 0.1) is 6.92 Å². The van der Waals surface area contributed by atoms with Gasteiger partial charge in [-0.3, -0.25) is 19.4 Å². The lowest BCUT2D eigenvalue weighted by atomic mass is 10.1. The molecule has 2 aromatic rings. The van der Waals surface area contributed by atoms with Crippen LogP contribution >= 0.6 is 0 Å². The van der Waals surface area contributed by atoms with Crippen LogP contribution in [0.4, 0.5) is 0 Å². The number of piperazine rings is 2. The first-order chi connectivity index (χ1) is 14.1. The summed E-state index contributed by atoms with van der Waals surface area (Å²) in [4.78, 5) is 34.4. The molecule has 2 amide bonds. The van der Waals surface area contributed by atoms with Gasteiger partial charge in [0.2, 0.25) is 23.5 Å². The topological polar surface area (TPSA) is 94.8 Å². The highest BCUT2D eigenvalue weighted by molar-refractivity contribution is 5.86. The molecular weight excluding hydrogens is 372 g/mol. The first-order valence-electron chi connectivity index (χ1n) is 9.95. The SMILES string of the molecule is Cc1ccc(-c2noc(CN3CCN(CC(=O)N4CCNC(=O)C4)CC3)n2)cc1. The molecular formula is C20H26N6O3. The molecule has 2 aliphatic rings. The van der Waals surface area contributed by atoms with Crippen LogP contribution in [-0.4, -0.2) is 89.0 Å². The van der Waals surface area contributed by atoms with Crippen LogP contribution in [0.3, 0.4) is 0 Å². The molecule has 0 bridgehead atoms. The summed E-state index contributed by atoms with van der Waals surface area (Å²) in [6.07, 6.45) is 0. The lowest BCUT2D eigenvalue weighted by molar-refractivity contribution is -0.139. The van der Waals surface area contributed by atoms with Crippen molar-refractivity contribution >= 4 is 11.8 Å². The summed E-state index contributed by atoms with van der Waals surface area (Å²) >= 11 is 0. The average molecular weight is 398 g/mol. The fourth-order valence-corrected chi connectivity index (χ4v) is 3.58. The molecule has 154 valence electrons. The summed E-state index contributed by atoms with van der Waals surface area (Å²) in [5.41, 5.74) is 2.14. The molecule has 1 N–H and O–H groups in total. The third-order valence-corrected chi connectivity index (χ3v) is 5.35. The monoisotopic (exact) mass is 398 g/mol. The summed E-state index contributed by atoms with van der Waals surface area (Å²) in [6, 6.07) is 8.04. The van der Waals surface area contributed by atoms with Gasteiger partial charge in [-0.25, -0.2) is 0 Å². The Morgan fingerprint density at radius 2 is 1.83 bits per heavy atom. The van der Waals surface area contributed by atoms with E-state index in [1.807, 2.05) is 31.2 Å². The Morgan fingerprint density at radius 3 is 2.55 bits per heavy atom. The molecule has 1 aromatic carbocycles. The van der Waals surface area contributed by atoms with Crippen molar-refractivity contribution in [2.24, 2.45) is 0 Å². The van der Waals surface area contributed by atoms with Gasteiger partial charge >= 0.3 is 0 Å². The molecule has 0 aliphatic carbocycles. The van der Waals surface area contributed by atoms with Crippen LogP contribution in [0.5, 0.6) is 0 Å². The van der Waals surface area contributed by atoms with Crippen LogP contribution in [0.1, 0.15) is 11.5 Å². The van der Waals surface area contributed by atoms with Gasteiger partial charge in [-0.1, -0.05) is 35.0 Å². The molecule has 0 saturated carbocycles. The molecule has 0 atom stereocenters. The van der Waals surface area contributed by atoms with E-state index in [1.165, 1.54) is 5.56 Å². The van der Waals surface area contributed by atoms with E-state index in [2.05, 4.69) is 25.3 Å². The lowest BCUT2D eigenvalue weighted by Gasteiger charge is -2.35. The second-order valence-corrected chi connectivity index (χ2v) is 7.60. The normalized spacial score (nSPS) is 18.7. The molecule has 0 radical (unpaired) electrons. The van der Waals surface area contributed by atoms with Crippen molar-refractivity contribution in [1.82, 2.24) is 30.2 Å². The molecule has 2 aliphatic heterocycles. The second-order valence-electron chi connectivity index (χ2n) is 7.60. The van der Waals surface area contributed by atoms with Crippen molar-refractivity contribution in [2.75, 3.05) is 52.4 Å². The van der Waals surface area contributed by atoms with Gasteiger partial charge in [-0.2, -0.15) is 4.98 Å². The van der Waals surface area contributed by atoms with Crippen molar-refractivity contribution in [1.29, 1.82) is 0 Å². The minimum atomic E-state index is -0.0843. The first kappa shape index (κ1) is 19.5. The third kappa shape index (κ3) is 4.99. The number of nitrogens with zero attached hydrogens (tertiary/aromatic N) is 5. The number of carbonyl (C=O) groups is 2. The van der Waals surface area contributed by atoms with Gasteiger partial charge in [0, 0.05) is 44.8 Å². The van der Waals surface area contributed by atoms with E-state index in [0.29, 0.717) is 37.9 Å². The standard InChI is InChI=1S/C20H26N6O3/c1-15-2-4-16(5-3-15)20-22-18(29-23-20)13-24-8-10-25(11-9-24)14-19(28)26-7-6-21-17(27)12-26/h2-5H,6-14H2,1H3,(H,21,27). The largest absolute Gasteiger partial charge is 0.353 e. The number of aryl methyl sites for hydroxylation is 1. The maximum Gasteiger partial charge on any atom is 0.241 e. The number of nitrogens with one attached hydrogen (secondary N) is 1. The minimum absolute atomic E-state index is 0.0212. The van der Waals surface area contributed by atoms with Gasteiger partial charge in [0.15, 0.2) is 0 Å². The smallest absolute Gasteiger partial charge is 0.241 e. The maximum absolute atomic E-state index is 12.4. The Kier molecular flexibility index (Phi) is 5.86. The molecule has 0 spiro atoms. The highest BCUT2D eigenvalue weighted by Gasteiger charge is 2.25. The van der Waals surface area contributed by atoms with Gasteiger partial charge in [-0.05, 0) is 6.92 Å². The molecule has 2 saturated heterocycles. The van der Waals surface area contributed by atoms with E-state index in [1.54, 1.807) is 4.90 Å². The zero-order valence-corrected chi connectivity index (χ0v) is 16.6. The van der Waals surface area contributed by atoms with Gasteiger partial charge in [0.25, 0.3) is 0 Å². The average Bonchev–Trinajstić information content (AvgIpc) is 3.18. The van der Waals surface area contributed by atoms with Gasteiger partial charge in [0.05, 0.1) is 19.6 Å². The number of benzene rings is 1. The van der Waals surface area contributed by atoms with Crippen LogP contribution in [0.15, 0.2) is 28.8 Å². The van der Waals surface area contributed by atoms with Gasteiger partial charge in [0.1, 0.15) is 0 Å². The van der Waals surface area contributed by atoms with Gasteiger partial charge < -0.3 is 14.7 Å². The fraction of sp³-hybridized carbons (Fsp3) is 0.500. The van der Waals surface area contributed by atoms with Crippen molar-refractivity contribution in [3.8, 4) is 11.4 Å². The fourth-order valence-electron chi connectivity index (χ4n) is 3.58. The van der Waals surface area contributed by atoms with E-state index in [-0.39, 0.29) is 18.4 Å². The summed E-state index contributed by atoms with van der Waals surface area (Å²) in [5.74, 6) is 1.14. The summed E-state index contributed by atoms with van der Waals surface area (Å²) in [7, 11) is 0. The maximum atomic E-state index is 12.4. The van der Waals surface area contributed by atoms with E-state index < -0.39 is 0 Å². The molecule has 9 heteroatoms. The number of rotatable bonds is 5. The Labute approximate surface area is 169 Å². The van der Waals surface area contributed by atoms with Crippen molar-refractivity contribution in [2.45, 2.75) is 13.5 Å². The minimum Gasteiger partial charge on any atom is -0.353 e. The van der Waals surface area contributed by atoms with Gasteiger partial charge in [-0.15, -0.1) is 0 Å². The quantitative estimate of drug-likeness (QED) is 0.764. The Hall–Kier alpha value is -2.78. The summed E-state index contributed by atoms with van der Waals surface area (Å²) < 4.78 is 5.42. The molecule has 9 nitrogen and oxygen atoms in total. The van der Waals surface area contributed by atoms with E-state index >= 15 is 0 Å². The second kappa shape index (κ2) is 8.71. The predicted molar refractivity (Wildman–Crippen MR) is 106 cm³/mol. The highest BCUT2D eigenvalue weighted by atomic mass is 16.5. The predicted octanol–water partition coefficient (Wildman–Crippen LogP) is 0.121. The molecule has 2 fully saturated rings. The number of aromatic nitrogens is 2. The molecule has 4 rings (SSSR count). The Balaban J connectivity index is 1.24. The van der Waals surface area contributed by atoms with Crippen LogP contribution in [-0.2, 0) is 16.1 Å². The number of amides is 2. The lowest BCUT2D eigenvalue weighted by Crippen LogP contribution is -2.54. The zero-order chi connectivity index (χ0) is 20.2. The summed E-state index contributed by atoms with van der Waals surface area (Å²) in [5, 5.41) is 6.83. The zero-order valence-electron chi connectivity index (χ0n) is 16.6. The Morgan fingerprint density at radius 1 is 1.10 bits per heavy atom. The van der Waals surface area contributed by atoms with E-state index in [0.717, 1.165) is 31.7 Å². The van der Waals surface area contributed by atoms with E-state index in [9.17, 15) is 9.59 Å². The third-order valence-electron chi connectivity index (χ3n) is 5.35. The molecule has 29 heavy (non-hydrogen) atoms. The molecule has 0 unspecified atom stereocenters. The van der Waals surface area contributed by atoms with Crippen molar-refractivity contribution in [3.63, 3.8) is 0 Å². The Bertz CT molecular complexity index is 857. The summed E-state index contributed by atoms with van der Waals surface area (Å²) in [6.45, 7) is 7.55. The highest BCUT2D eigenvalue weighted by Crippen LogP contribution is 2.17. The number of hydrogen-bond donors (Lipinski definition) is 1. The molecule has 1 aromatic heterocycles. The van der Waals surface area contributed by atoms with Crippen molar-refractivity contribution < 1.29 is 14.1 Å².